The van der Waals surface area contributed by atoms with E-state index in [1.807, 2.05) is 0 Å². The summed E-state index contributed by atoms with van der Waals surface area (Å²) in [5.41, 5.74) is 0. The normalized spacial score (nSPS) is 13.9. The van der Waals surface area contributed by atoms with Crippen molar-refractivity contribution in [2.45, 2.75) is 432 Å². The van der Waals surface area contributed by atoms with Crippen molar-refractivity contribution in [3.8, 4) is 0 Å². The third-order valence-electron chi connectivity index (χ3n) is 18.5. The van der Waals surface area contributed by atoms with E-state index in [0.717, 1.165) is 108 Å². The highest BCUT2D eigenvalue weighted by molar-refractivity contribution is 7.47. The van der Waals surface area contributed by atoms with Gasteiger partial charge in [0.15, 0.2) is 12.2 Å². The summed E-state index contributed by atoms with van der Waals surface area (Å²) in [5.74, 6) is -0.513. The molecule has 0 amide bonds. The summed E-state index contributed by atoms with van der Waals surface area (Å²) < 4.78 is 68.4. The molecule has 0 aliphatic carbocycles. The SMILES string of the molecule is CCCCCCCCCCCCCCCCCCCC(=O)O[C@H](COC(=O)CCCCCCC)COP(=O)(O)OC[C@H](O)COP(=O)(O)OC[C@@H](COC(=O)CCCCCCCCCCCCCCCCC(C)C)OC(=O)CCCCCCCCCCCCCCCCCCC(C)C. The topological polar surface area (TPSA) is 237 Å². The average molecular weight is 1440 g/mol. The van der Waals surface area contributed by atoms with Crippen LogP contribution in [0.15, 0.2) is 0 Å². The number of aliphatic hydroxyl groups excluding tert-OH is 1. The summed E-state index contributed by atoms with van der Waals surface area (Å²) in [6.07, 6.45) is 60.1. The first-order chi connectivity index (χ1) is 47.4. The second-order valence-electron chi connectivity index (χ2n) is 29.4. The predicted octanol–water partition coefficient (Wildman–Crippen LogP) is 23.5. The van der Waals surface area contributed by atoms with Gasteiger partial charge >= 0.3 is 39.5 Å². The molecule has 0 saturated carbocycles. The second kappa shape index (κ2) is 70.7. The van der Waals surface area contributed by atoms with Crippen molar-refractivity contribution in [1.29, 1.82) is 0 Å². The Morgan fingerprint density at radius 2 is 0.469 bits per heavy atom. The fourth-order valence-electron chi connectivity index (χ4n) is 12.2. The zero-order chi connectivity index (χ0) is 72.1. The van der Waals surface area contributed by atoms with Crippen molar-refractivity contribution >= 4 is 39.5 Å². The van der Waals surface area contributed by atoms with Crippen LogP contribution in [-0.2, 0) is 65.4 Å². The maximum atomic E-state index is 13.1. The lowest BCUT2D eigenvalue weighted by atomic mass is 10.0. The lowest BCUT2D eigenvalue weighted by molar-refractivity contribution is -0.161. The summed E-state index contributed by atoms with van der Waals surface area (Å²) in [5, 5.41) is 10.6. The van der Waals surface area contributed by atoms with Gasteiger partial charge in [-0.3, -0.25) is 37.3 Å². The van der Waals surface area contributed by atoms with Crippen LogP contribution in [0.2, 0.25) is 0 Å². The van der Waals surface area contributed by atoms with Gasteiger partial charge in [-0.05, 0) is 37.5 Å². The molecular weight excluding hydrogens is 1280 g/mol. The number of phosphoric ester groups is 2. The fraction of sp³-hybridized carbons (Fsp3) is 0.949. The molecule has 2 unspecified atom stereocenters. The number of carbonyl (C=O) groups is 4. The number of ether oxygens (including phenoxy) is 4. The van der Waals surface area contributed by atoms with Gasteiger partial charge in [0.1, 0.15) is 19.3 Å². The number of unbranched alkanes of at least 4 members (excludes halogenated alkanes) is 48. The molecule has 0 aromatic rings. The van der Waals surface area contributed by atoms with Crippen LogP contribution >= 0.6 is 15.6 Å². The summed E-state index contributed by atoms with van der Waals surface area (Å²) in [7, 11) is -9.91. The number of esters is 4. The molecule has 0 aliphatic rings. The lowest BCUT2D eigenvalue weighted by Crippen LogP contribution is -2.30. The quantitative estimate of drug-likeness (QED) is 0.0222. The smallest absolute Gasteiger partial charge is 0.462 e. The molecular formula is C79H154O17P2. The minimum Gasteiger partial charge on any atom is -0.462 e. The van der Waals surface area contributed by atoms with Gasteiger partial charge in [-0.1, -0.05) is 363 Å². The number of rotatable bonds is 78. The van der Waals surface area contributed by atoms with E-state index < -0.39 is 97.5 Å². The molecule has 582 valence electrons. The number of hydrogen-bond acceptors (Lipinski definition) is 15. The molecule has 0 heterocycles. The van der Waals surface area contributed by atoms with Crippen molar-refractivity contribution in [2.24, 2.45) is 11.8 Å². The third-order valence-corrected chi connectivity index (χ3v) is 20.4. The molecule has 3 N–H and O–H groups in total. The first-order valence-electron chi connectivity index (χ1n) is 41.0. The molecule has 0 rings (SSSR count). The molecule has 0 bridgehead atoms. The Hall–Kier alpha value is -1.94. The molecule has 0 fully saturated rings. The van der Waals surface area contributed by atoms with E-state index >= 15 is 0 Å². The van der Waals surface area contributed by atoms with Crippen LogP contribution in [-0.4, -0.2) is 96.7 Å². The second-order valence-corrected chi connectivity index (χ2v) is 32.3. The molecule has 0 aliphatic heterocycles. The van der Waals surface area contributed by atoms with Crippen LogP contribution in [0.25, 0.3) is 0 Å². The number of hydrogen-bond donors (Lipinski definition) is 3. The van der Waals surface area contributed by atoms with E-state index in [-0.39, 0.29) is 25.7 Å². The first kappa shape index (κ1) is 96.1. The van der Waals surface area contributed by atoms with E-state index in [9.17, 15) is 43.2 Å². The van der Waals surface area contributed by atoms with Gasteiger partial charge in [0.25, 0.3) is 0 Å². The minimum atomic E-state index is -4.96. The summed E-state index contributed by atoms with van der Waals surface area (Å²) in [6.45, 7) is 9.59. The number of phosphoric acid groups is 2. The Morgan fingerprint density at radius 3 is 0.694 bits per heavy atom. The lowest BCUT2D eigenvalue weighted by Gasteiger charge is -2.21. The van der Waals surface area contributed by atoms with Crippen molar-refractivity contribution in [3.05, 3.63) is 0 Å². The number of aliphatic hydroxyl groups is 1. The number of carbonyl (C=O) groups excluding carboxylic acids is 4. The third kappa shape index (κ3) is 72.4. The molecule has 0 radical (unpaired) electrons. The highest BCUT2D eigenvalue weighted by Gasteiger charge is 2.30. The molecule has 19 heteroatoms. The van der Waals surface area contributed by atoms with E-state index in [4.69, 9.17) is 37.0 Å². The molecule has 17 nitrogen and oxygen atoms in total. The van der Waals surface area contributed by atoms with Crippen LogP contribution in [0.5, 0.6) is 0 Å². The molecule has 0 aromatic heterocycles. The average Bonchev–Trinajstić information content (AvgIpc) is 0.995. The van der Waals surface area contributed by atoms with Crippen LogP contribution in [0, 0.1) is 11.8 Å². The molecule has 5 atom stereocenters. The van der Waals surface area contributed by atoms with Crippen LogP contribution in [0.4, 0.5) is 0 Å². The van der Waals surface area contributed by atoms with E-state index in [0.29, 0.717) is 25.7 Å². The maximum Gasteiger partial charge on any atom is 0.472 e. The highest BCUT2D eigenvalue weighted by atomic mass is 31.2. The van der Waals surface area contributed by atoms with Gasteiger partial charge < -0.3 is 33.8 Å². The van der Waals surface area contributed by atoms with Crippen molar-refractivity contribution < 1.29 is 80.2 Å². The van der Waals surface area contributed by atoms with Crippen molar-refractivity contribution in [1.82, 2.24) is 0 Å². The zero-order valence-corrected chi connectivity index (χ0v) is 65.9. The Kier molecular flexibility index (Phi) is 69.3. The van der Waals surface area contributed by atoms with Gasteiger partial charge in [0.2, 0.25) is 0 Å². The maximum absolute atomic E-state index is 13.1. The van der Waals surface area contributed by atoms with E-state index in [2.05, 4.69) is 41.5 Å². The first-order valence-corrected chi connectivity index (χ1v) is 44.0. The van der Waals surface area contributed by atoms with E-state index in [1.165, 1.54) is 225 Å². The Labute approximate surface area is 600 Å². The van der Waals surface area contributed by atoms with Crippen molar-refractivity contribution in [3.63, 3.8) is 0 Å². The van der Waals surface area contributed by atoms with Gasteiger partial charge in [-0.25, -0.2) is 9.13 Å². The van der Waals surface area contributed by atoms with Crippen LogP contribution < -0.4 is 0 Å². The Balaban J connectivity index is 5.12. The highest BCUT2D eigenvalue weighted by Crippen LogP contribution is 2.45. The predicted molar refractivity (Wildman–Crippen MR) is 400 cm³/mol. The van der Waals surface area contributed by atoms with Gasteiger partial charge in [-0.2, -0.15) is 0 Å². The Bertz CT molecular complexity index is 1890. The van der Waals surface area contributed by atoms with Crippen LogP contribution in [0.1, 0.15) is 414 Å². The van der Waals surface area contributed by atoms with Gasteiger partial charge in [0.05, 0.1) is 26.4 Å². The molecule has 0 saturated heterocycles. The fourth-order valence-corrected chi connectivity index (χ4v) is 13.8. The Morgan fingerprint density at radius 1 is 0.276 bits per heavy atom. The monoisotopic (exact) mass is 1440 g/mol. The molecule has 0 aromatic carbocycles. The summed E-state index contributed by atoms with van der Waals surface area (Å²) in [6, 6.07) is 0. The zero-order valence-electron chi connectivity index (χ0n) is 64.1. The van der Waals surface area contributed by atoms with E-state index in [1.54, 1.807) is 0 Å². The minimum absolute atomic E-state index is 0.108. The summed E-state index contributed by atoms with van der Waals surface area (Å²) >= 11 is 0. The van der Waals surface area contributed by atoms with Crippen molar-refractivity contribution in [2.75, 3.05) is 39.6 Å². The van der Waals surface area contributed by atoms with Gasteiger partial charge in [0, 0.05) is 25.7 Å². The standard InChI is InChI=1S/C79H154O17P2/c1-7-9-11-13-14-15-16-17-18-19-23-30-35-40-45-51-57-63-78(83)95-74(67-89-76(81)61-55-47-12-10-8-2)69-93-97(85,86)91-65-73(80)66-92-98(87,88)94-70-75(68-90-77(82)62-56-50-44-39-34-29-26-25-28-33-38-43-49-54-60-72(5)6)96-79(84)64-58-52-46-41-36-31-24-21-20-22-27-32-37-42-48-53-59-71(3)4/h71-75,80H,7-70H2,1-6H3,(H,85,86)(H,87,88)/t73-,74+,75+/m0/s1. The molecule has 98 heavy (non-hydrogen) atoms. The van der Waals surface area contributed by atoms with Gasteiger partial charge in [-0.15, -0.1) is 0 Å². The largest absolute Gasteiger partial charge is 0.472 e. The molecule has 0 spiro atoms. The van der Waals surface area contributed by atoms with Crippen LogP contribution in [0.3, 0.4) is 0 Å². The summed E-state index contributed by atoms with van der Waals surface area (Å²) in [4.78, 5) is 72.7.